The zero-order valence-electron chi connectivity index (χ0n) is 5.63. The first kappa shape index (κ1) is 8.43. The molecule has 3 nitrogen and oxygen atoms in total. The van der Waals surface area contributed by atoms with Gasteiger partial charge in [0.1, 0.15) is 0 Å². The second-order valence-corrected chi connectivity index (χ2v) is 1.52. The van der Waals surface area contributed by atoms with Gasteiger partial charge in [-0.1, -0.05) is 0 Å². The maximum atomic E-state index is 9.57. The number of hydrogen-bond acceptors (Lipinski definition) is 3. The summed E-state index contributed by atoms with van der Waals surface area (Å²) in [6.45, 7) is 4.24. The molecule has 0 radical (unpaired) electrons. The molecule has 0 aliphatic carbocycles. The Hall–Kier alpha value is -0.570. The monoisotopic (exact) mass is 132 g/mol. The van der Waals surface area contributed by atoms with Gasteiger partial charge >= 0.3 is 0 Å². The van der Waals surface area contributed by atoms with Crippen molar-refractivity contribution in [1.82, 2.24) is 0 Å². The molecular weight excluding hydrogens is 120 g/mol. The van der Waals surface area contributed by atoms with Crippen molar-refractivity contribution in [1.29, 1.82) is 0 Å². The summed E-state index contributed by atoms with van der Waals surface area (Å²) in [4.78, 5) is 9.57. The van der Waals surface area contributed by atoms with Crippen molar-refractivity contribution in [3.8, 4) is 0 Å². The first-order chi connectivity index (χ1) is 4.41. The molecular formula is C6H12O3. The van der Waals surface area contributed by atoms with Gasteiger partial charge in [0, 0.05) is 19.6 Å². The molecule has 0 aromatic carbocycles. The second-order valence-electron chi connectivity index (χ2n) is 1.52. The minimum atomic E-state index is 0.450. The molecule has 54 valence electrons. The predicted octanol–water partition coefficient (Wildman–Crippen LogP) is 0.586. The molecule has 0 aromatic heterocycles. The molecule has 0 fully saturated rings. The molecule has 0 saturated heterocycles. The molecule has 3 heteroatoms. The van der Waals surface area contributed by atoms with Crippen LogP contribution in [0.15, 0.2) is 0 Å². The van der Waals surface area contributed by atoms with E-state index >= 15 is 0 Å². The lowest BCUT2D eigenvalue weighted by Gasteiger charge is -1.98. The highest BCUT2D eigenvalue weighted by molar-refractivity contribution is 5.36. The van der Waals surface area contributed by atoms with Crippen LogP contribution in [0.4, 0.5) is 0 Å². The molecule has 0 bridgehead atoms. The van der Waals surface area contributed by atoms with Crippen LogP contribution in [0, 0.1) is 0 Å². The first-order valence-corrected chi connectivity index (χ1v) is 3.04. The summed E-state index contributed by atoms with van der Waals surface area (Å²) in [5, 5.41) is 0. The Labute approximate surface area is 55.0 Å². The number of ether oxygens (including phenoxy) is 2. The van der Waals surface area contributed by atoms with Crippen LogP contribution >= 0.6 is 0 Å². The summed E-state index contributed by atoms with van der Waals surface area (Å²) < 4.78 is 9.40. The molecule has 0 spiro atoms. The maximum absolute atomic E-state index is 9.57. The first-order valence-electron chi connectivity index (χ1n) is 3.04. The van der Waals surface area contributed by atoms with E-state index in [0.29, 0.717) is 19.7 Å². The third kappa shape index (κ3) is 7.43. The zero-order valence-corrected chi connectivity index (χ0v) is 5.63. The highest BCUT2D eigenvalue weighted by atomic mass is 16.5. The predicted molar refractivity (Wildman–Crippen MR) is 33.1 cm³/mol. The minimum Gasteiger partial charge on any atom is -0.468 e. The Balaban J connectivity index is 2.66. The van der Waals surface area contributed by atoms with Crippen molar-refractivity contribution in [3.63, 3.8) is 0 Å². The van der Waals surface area contributed by atoms with Crippen LogP contribution in [-0.4, -0.2) is 26.3 Å². The summed E-state index contributed by atoms with van der Waals surface area (Å²) in [6, 6.07) is 0. The van der Waals surface area contributed by atoms with E-state index in [2.05, 4.69) is 4.74 Å². The van der Waals surface area contributed by atoms with Gasteiger partial charge in [0.25, 0.3) is 6.47 Å². The van der Waals surface area contributed by atoms with E-state index in [4.69, 9.17) is 4.74 Å². The lowest BCUT2D eigenvalue weighted by atomic mass is 10.5. The fourth-order valence-electron chi connectivity index (χ4n) is 0.437. The Morgan fingerprint density at radius 3 is 2.78 bits per heavy atom. The molecule has 0 atom stereocenters. The highest BCUT2D eigenvalue weighted by Crippen LogP contribution is 1.81. The lowest BCUT2D eigenvalue weighted by molar-refractivity contribution is -0.129. The molecule has 9 heavy (non-hydrogen) atoms. The molecule has 0 aromatic rings. The Kier molecular flexibility index (Phi) is 6.96. The number of hydrogen-bond donors (Lipinski definition) is 0. The quantitative estimate of drug-likeness (QED) is 0.392. The summed E-state index contributed by atoms with van der Waals surface area (Å²) in [7, 11) is 0. The largest absolute Gasteiger partial charge is 0.468 e. The van der Waals surface area contributed by atoms with Crippen LogP contribution in [0.25, 0.3) is 0 Å². The van der Waals surface area contributed by atoms with E-state index in [-0.39, 0.29) is 0 Å². The topological polar surface area (TPSA) is 35.5 Å². The second kappa shape index (κ2) is 7.43. The van der Waals surface area contributed by atoms with Crippen molar-refractivity contribution in [3.05, 3.63) is 0 Å². The molecule has 0 saturated carbocycles. The fourth-order valence-corrected chi connectivity index (χ4v) is 0.437. The molecule has 0 aliphatic heterocycles. The van der Waals surface area contributed by atoms with Gasteiger partial charge in [0.05, 0.1) is 6.61 Å². The van der Waals surface area contributed by atoms with Crippen LogP contribution in [0.2, 0.25) is 0 Å². The van der Waals surface area contributed by atoms with Crippen molar-refractivity contribution >= 4 is 6.47 Å². The lowest BCUT2D eigenvalue weighted by Crippen LogP contribution is -1.98. The SMILES string of the molecule is CCOCCCOC=O. The van der Waals surface area contributed by atoms with Crippen molar-refractivity contribution in [2.45, 2.75) is 13.3 Å². The standard InChI is InChI=1S/C6H12O3/c1-2-8-4-3-5-9-6-7/h6H,2-5H2,1H3. The molecule has 0 rings (SSSR count). The molecule has 0 amide bonds. The number of rotatable bonds is 6. The molecule has 0 N–H and O–H groups in total. The van der Waals surface area contributed by atoms with Gasteiger partial charge in [0.15, 0.2) is 0 Å². The smallest absolute Gasteiger partial charge is 0.293 e. The van der Waals surface area contributed by atoms with Gasteiger partial charge in [0.2, 0.25) is 0 Å². The Morgan fingerprint density at radius 1 is 1.44 bits per heavy atom. The van der Waals surface area contributed by atoms with Crippen molar-refractivity contribution < 1.29 is 14.3 Å². The Bertz CT molecular complexity index is 63.3. The van der Waals surface area contributed by atoms with Gasteiger partial charge in [-0.25, -0.2) is 0 Å². The number of carbonyl (C=O) groups is 1. The van der Waals surface area contributed by atoms with E-state index in [1.807, 2.05) is 6.92 Å². The van der Waals surface area contributed by atoms with Crippen molar-refractivity contribution in [2.75, 3.05) is 19.8 Å². The van der Waals surface area contributed by atoms with Gasteiger partial charge in [-0.05, 0) is 6.92 Å². The summed E-state index contributed by atoms with van der Waals surface area (Å²) in [6.07, 6.45) is 0.784. The number of carbonyl (C=O) groups excluding carboxylic acids is 1. The molecule has 0 aliphatic rings. The Morgan fingerprint density at radius 2 is 2.22 bits per heavy atom. The third-order valence-corrected chi connectivity index (χ3v) is 0.823. The van der Waals surface area contributed by atoms with Gasteiger partial charge < -0.3 is 9.47 Å². The van der Waals surface area contributed by atoms with Gasteiger partial charge in [-0.2, -0.15) is 0 Å². The van der Waals surface area contributed by atoms with E-state index < -0.39 is 0 Å². The molecule has 0 unspecified atom stereocenters. The summed E-state index contributed by atoms with van der Waals surface area (Å²) in [5.41, 5.74) is 0. The average molecular weight is 132 g/mol. The van der Waals surface area contributed by atoms with E-state index in [9.17, 15) is 4.79 Å². The van der Waals surface area contributed by atoms with Gasteiger partial charge in [-0.15, -0.1) is 0 Å². The normalized spacial score (nSPS) is 9.00. The highest BCUT2D eigenvalue weighted by Gasteiger charge is 1.84. The average Bonchev–Trinajstić information content (AvgIpc) is 1.89. The van der Waals surface area contributed by atoms with Crippen LogP contribution in [0.3, 0.4) is 0 Å². The maximum Gasteiger partial charge on any atom is 0.293 e. The van der Waals surface area contributed by atoms with E-state index in [1.165, 1.54) is 0 Å². The van der Waals surface area contributed by atoms with Crippen molar-refractivity contribution in [2.24, 2.45) is 0 Å². The van der Waals surface area contributed by atoms with E-state index in [0.717, 1.165) is 13.0 Å². The van der Waals surface area contributed by atoms with Crippen LogP contribution in [-0.2, 0) is 14.3 Å². The summed E-state index contributed by atoms with van der Waals surface area (Å²) >= 11 is 0. The van der Waals surface area contributed by atoms with Gasteiger partial charge in [-0.3, -0.25) is 4.79 Å². The summed E-state index contributed by atoms with van der Waals surface area (Å²) in [5.74, 6) is 0. The van der Waals surface area contributed by atoms with E-state index in [1.54, 1.807) is 0 Å². The van der Waals surface area contributed by atoms with Crippen LogP contribution < -0.4 is 0 Å². The third-order valence-electron chi connectivity index (χ3n) is 0.823. The fraction of sp³-hybridized carbons (Fsp3) is 0.833. The minimum absolute atomic E-state index is 0.450. The van der Waals surface area contributed by atoms with Crippen LogP contribution in [0.1, 0.15) is 13.3 Å². The zero-order chi connectivity index (χ0) is 6.95. The molecule has 0 heterocycles. The van der Waals surface area contributed by atoms with Crippen LogP contribution in [0.5, 0.6) is 0 Å².